The van der Waals surface area contributed by atoms with E-state index in [0.29, 0.717) is 23.6 Å². The van der Waals surface area contributed by atoms with Crippen molar-refractivity contribution in [2.75, 3.05) is 12.4 Å². The van der Waals surface area contributed by atoms with Crippen molar-refractivity contribution in [1.82, 2.24) is 0 Å². The molecule has 0 aliphatic carbocycles. The van der Waals surface area contributed by atoms with Crippen LogP contribution in [0.5, 0.6) is 0 Å². The van der Waals surface area contributed by atoms with Gasteiger partial charge in [-0.2, -0.15) is 0 Å². The molecular weight excluding hydrogens is 357 g/mol. The van der Waals surface area contributed by atoms with Crippen molar-refractivity contribution in [3.8, 4) is 0 Å². The minimum Gasteiger partial charge on any atom is -0.465 e. The maximum absolute atomic E-state index is 11.5. The summed E-state index contributed by atoms with van der Waals surface area (Å²) >= 11 is 2.26. The second-order valence-corrected chi connectivity index (χ2v) is 5.17. The number of furan rings is 1. The first-order chi connectivity index (χ1) is 9.11. The summed E-state index contributed by atoms with van der Waals surface area (Å²) in [6, 6.07) is 9.69. The van der Waals surface area contributed by atoms with Crippen molar-refractivity contribution < 1.29 is 13.9 Å². The van der Waals surface area contributed by atoms with Gasteiger partial charge in [0.25, 0.3) is 0 Å². The maximum Gasteiger partial charge on any atom is 0.341 e. The Bertz CT molecular complexity index is 592. The monoisotopic (exact) mass is 371 g/mol. The molecule has 0 unspecified atom stereocenters. The topological polar surface area (TPSA) is 51.5 Å². The molecule has 0 saturated heterocycles. The average Bonchev–Trinajstić information content (AvgIpc) is 2.78. The standard InChI is InChI=1S/C14H14INO3/c1-9-11(14(17)18-2)7-10(19-9)8-16-13-6-4-3-5-12(13)15/h3-7,16H,8H2,1-2H3. The molecule has 100 valence electrons. The Morgan fingerprint density at radius 1 is 1.42 bits per heavy atom. The number of methoxy groups -OCH3 is 1. The number of hydrogen-bond donors (Lipinski definition) is 1. The molecule has 0 radical (unpaired) electrons. The summed E-state index contributed by atoms with van der Waals surface area (Å²) < 4.78 is 11.4. The van der Waals surface area contributed by atoms with E-state index in [1.807, 2.05) is 24.3 Å². The number of nitrogens with one attached hydrogen (secondary N) is 1. The van der Waals surface area contributed by atoms with Crippen LogP contribution in [0.3, 0.4) is 0 Å². The second kappa shape index (κ2) is 6.10. The van der Waals surface area contributed by atoms with Crippen molar-refractivity contribution >= 4 is 34.2 Å². The predicted molar refractivity (Wildman–Crippen MR) is 81.3 cm³/mol. The first-order valence-electron chi connectivity index (χ1n) is 5.78. The minimum absolute atomic E-state index is 0.373. The molecule has 19 heavy (non-hydrogen) atoms. The highest BCUT2D eigenvalue weighted by molar-refractivity contribution is 14.1. The molecule has 2 aromatic rings. The molecule has 4 nitrogen and oxygen atoms in total. The molecule has 1 heterocycles. The summed E-state index contributed by atoms with van der Waals surface area (Å²) in [6.45, 7) is 2.28. The van der Waals surface area contributed by atoms with Crippen LogP contribution < -0.4 is 5.32 Å². The molecule has 0 fully saturated rings. The molecule has 0 saturated carbocycles. The fourth-order valence-corrected chi connectivity index (χ4v) is 2.31. The van der Waals surface area contributed by atoms with Crippen LogP contribution in [-0.4, -0.2) is 13.1 Å². The Morgan fingerprint density at radius 2 is 2.16 bits per heavy atom. The van der Waals surface area contributed by atoms with Crippen LogP contribution in [0.15, 0.2) is 34.7 Å². The fourth-order valence-electron chi connectivity index (χ4n) is 1.73. The summed E-state index contributed by atoms with van der Waals surface area (Å²) in [5, 5.41) is 3.27. The number of hydrogen-bond acceptors (Lipinski definition) is 4. The number of carbonyl (C=O) groups is 1. The lowest BCUT2D eigenvalue weighted by molar-refractivity contribution is 0.0599. The zero-order valence-electron chi connectivity index (χ0n) is 10.7. The third kappa shape index (κ3) is 3.28. The van der Waals surface area contributed by atoms with Crippen LogP contribution in [-0.2, 0) is 11.3 Å². The highest BCUT2D eigenvalue weighted by Crippen LogP contribution is 2.20. The zero-order chi connectivity index (χ0) is 13.8. The predicted octanol–water partition coefficient (Wildman–Crippen LogP) is 3.59. The molecule has 0 bridgehead atoms. The Kier molecular flexibility index (Phi) is 4.47. The van der Waals surface area contributed by atoms with Crippen molar-refractivity contribution in [1.29, 1.82) is 0 Å². The number of rotatable bonds is 4. The molecule has 0 atom stereocenters. The van der Waals surface area contributed by atoms with Gasteiger partial charge in [0.1, 0.15) is 17.1 Å². The minimum atomic E-state index is -0.373. The number of halogens is 1. The van der Waals surface area contributed by atoms with Gasteiger partial charge in [0, 0.05) is 9.26 Å². The molecule has 0 amide bonds. The Balaban J connectivity index is 2.09. The van der Waals surface area contributed by atoms with Crippen LogP contribution in [0.4, 0.5) is 5.69 Å². The molecule has 2 rings (SSSR count). The molecule has 0 spiro atoms. The van der Waals surface area contributed by atoms with E-state index >= 15 is 0 Å². The maximum atomic E-state index is 11.5. The van der Waals surface area contributed by atoms with E-state index in [0.717, 1.165) is 9.26 Å². The van der Waals surface area contributed by atoms with Crippen LogP contribution in [0, 0.1) is 10.5 Å². The molecule has 1 aromatic heterocycles. The van der Waals surface area contributed by atoms with Crippen molar-refractivity contribution in [3.05, 3.63) is 51.0 Å². The highest BCUT2D eigenvalue weighted by atomic mass is 127. The van der Waals surface area contributed by atoms with Gasteiger partial charge in [-0.15, -0.1) is 0 Å². The third-order valence-corrected chi connectivity index (χ3v) is 3.64. The lowest BCUT2D eigenvalue weighted by Crippen LogP contribution is -2.01. The largest absolute Gasteiger partial charge is 0.465 e. The van der Waals surface area contributed by atoms with Crippen molar-refractivity contribution in [2.45, 2.75) is 13.5 Å². The van der Waals surface area contributed by atoms with E-state index < -0.39 is 0 Å². The molecule has 0 aliphatic rings. The summed E-state index contributed by atoms with van der Waals surface area (Å²) in [4.78, 5) is 11.5. The Hall–Kier alpha value is -1.50. The van der Waals surface area contributed by atoms with Gasteiger partial charge in [0.15, 0.2) is 0 Å². The van der Waals surface area contributed by atoms with Gasteiger partial charge >= 0.3 is 5.97 Å². The quantitative estimate of drug-likeness (QED) is 0.659. The number of carbonyl (C=O) groups excluding carboxylic acids is 1. The fraction of sp³-hybridized carbons (Fsp3) is 0.214. The van der Waals surface area contributed by atoms with E-state index in [-0.39, 0.29) is 5.97 Å². The van der Waals surface area contributed by atoms with Gasteiger partial charge in [0.05, 0.1) is 13.7 Å². The van der Waals surface area contributed by atoms with E-state index in [1.54, 1.807) is 13.0 Å². The highest BCUT2D eigenvalue weighted by Gasteiger charge is 2.15. The van der Waals surface area contributed by atoms with E-state index in [9.17, 15) is 4.79 Å². The summed E-state index contributed by atoms with van der Waals surface area (Å²) in [5.41, 5.74) is 1.51. The first-order valence-corrected chi connectivity index (χ1v) is 6.85. The lowest BCUT2D eigenvalue weighted by Gasteiger charge is -2.06. The van der Waals surface area contributed by atoms with Crippen LogP contribution in [0.2, 0.25) is 0 Å². The van der Waals surface area contributed by atoms with Gasteiger partial charge in [-0.1, -0.05) is 12.1 Å². The summed E-state index contributed by atoms with van der Waals surface area (Å²) in [6.07, 6.45) is 0. The number of ether oxygens (including phenoxy) is 1. The van der Waals surface area contributed by atoms with E-state index in [1.165, 1.54) is 7.11 Å². The smallest absolute Gasteiger partial charge is 0.341 e. The lowest BCUT2D eigenvalue weighted by atomic mass is 10.2. The molecule has 1 aromatic carbocycles. The normalized spacial score (nSPS) is 10.3. The average molecular weight is 371 g/mol. The second-order valence-electron chi connectivity index (χ2n) is 4.01. The summed E-state index contributed by atoms with van der Waals surface area (Å²) in [5.74, 6) is 0.908. The number of para-hydroxylation sites is 1. The van der Waals surface area contributed by atoms with Crippen molar-refractivity contribution in [3.63, 3.8) is 0 Å². The number of anilines is 1. The Morgan fingerprint density at radius 3 is 2.84 bits per heavy atom. The first kappa shape index (κ1) is 13.9. The van der Waals surface area contributed by atoms with Gasteiger partial charge in [0.2, 0.25) is 0 Å². The van der Waals surface area contributed by atoms with Gasteiger partial charge in [-0.05, 0) is 47.7 Å². The molecular formula is C14H14INO3. The molecule has 1 N–H and O–H groups in total. The number of benzene rings is 1. The molecule has 0 aliphatic heterocycles. The van der Waals surface area contributed by atoms with Crippen molar-refractivity contribution in [2.24, 2.45) is 0 Å². The summed E-state index contributed by atoms with van der Waals surface area (Å²) in [7, 11) is 1.36. The Labute approximate surface area is 125 Å². The van der Waals surface area contributed by atoms with Gasteiger partial charge in [-0.3, -0.25) is 0 Å². The number of esters is 1. The SMILES string of the molecule is COC(=O)c1cc(CNc2ccccc2I)oc1C. The van der Waals surface area contributed by atoms with E-state index in [4.69, 9.17) is 9.15 Å². The van der Waals surface area contributed by atoms with Crippen LogP contribution in [0.25, 0.3) is 0 Å². The van der Waals surface area contributed by atoms with E-state index in [2.05, 4.69) is 27.9 Å². The zero-order valence-corrected chi connectivity index (χ0v) is 12.9. The van der Waals surface area contributed by atoms with Crippen LogP contribution >= 0.6 is 22.6 Å². The van der Waals surface area contributed by atoms with Gasteiger partial charge < -0.3 is 14.5 Å². The van der Waals surface area contributed by atoms with Gasteiger partial charge in [-0.25, -0.2) is 4.79 Å². The third-order valence-electron chi connectivity index (χ3n) is 2.70. The van der Waals surface area contributed by atoms with Crippen LogP contribution in [0.1, 0.15) is 21.9 Å². The molecule has 5 heteroatoms. The number of aryl methyl sites for hydroxylation is 1.